The highest BCUT2D eigenvalue weighted by Gasteiger charge is 2.41. The number of aromatic nitrogens is 3. The van der Waals surface area contributed by atoms with Gasteiger partial charge in [-0.05, 0) is 18.2 Å². The van der Waals surface area contributed by atoms with Gasteiger partial charge in [0.1, 0.15) is 17.0 Å². The highest BCUT2D eigenvalue weighted by atomic mass is 32.2. The molecule has 0 saturated carbocycles. The number of nitrogen functional groups attached to an aromatic ring is 1. The predicted octanol–water partition coefficient (Wildman–Crippen LogP) is -0.258. The van der Waals surface area contributed by atoms with E-state index in [0.29, 0.717) is 11.5 Å². The molecule has 0 spiro atoms. The first-order chi connectivity index (χ1) is 9.41. The number of carbonyl (C=O) groups is 1. The fourth-order valence-electron chi connectivity index (χ4n) is 2.05. The lowest BCUT2D eigenvalue weighted by atomic mass is 10.2. The Morgan fingerprint density at radius 2 is 2.10 bits per heavy atom. The van der Waals surface area contributed by atoms with E-state index in [1.165, 1.54) is 29.2 Å². The lowest BCUT2D eigenvalue weighted by Crippen LogP contribution is -2.30. The van der Waals surface area contributed by atoms with Crippen LogP contribution in [0.3, 0.4) is 0 Å². The molecule has 0 saturated heterocycles. The minimum Gasteiger partial charge on any atom is -0.399 e. The van der Waals surface area contributed by atoms with Gasteiger partial charge in [-0.25, -0.2) is 17.7 Å². The SMILES string of the molecule is Cn1ncnc1CN1C(=O)c2cc(N)ccc2S1(=O)=O. The number of sulfonamides is 1. The maximum atomic E-state index is 12.4. The molecule has 0 aliphatic carbocycles. The predicted molar refractivity (Wildman–Crippen MR) is 68.9 cm³/mol. The molecule has 1 aliphatic rings. The molecule has 1 aliphatic heterocycles. The number of nitrogens with two attached hydrogens (primary N) is 1. The zero-order chi connectivity index (χ0) is 14.5. The largest absolute Gasteiger partial charge is 0.399 e. The number of aryl methyl sites for hydroxylation is 1. The standard InChI is InChI=1S/C11H11N5O3S/c1-15-10(13-6-14-15)5-16-11(17)8-4-7(12)2-3-9(8)20(16,18)19/h2-4,6H,5,12H2,1H3. The van der Waals surface area contributed by atoms with Crippen LogP contribution in [0.2, 0.25) is 0 Å². The van der Waals surface area contributed by atoms with E-state index in [0.717, 1.165) is 4.31 Å². The van der Waals surface area contributed by atoms with Crippen molar-refractivity contribution in [3.8, 4) is 0 Å². The molecule has 1 aromatic carbocycles. The first-order valence-corrected chi connectivity index (χ1v) is 7.15. The van der Waals surface area contributed by atoms with E-state index < -0.39 is 15.9 Å². The summed E-state index contributed by atoms with van der Waals surface area (Å²) in [6, 6.07) is 4.16. The van der Waals surface area contributed by atoms with Crippen LogP contribution < -0.4 is 5.73 Å². The van der Waals surface area contributed by atoms with Crippen LogP contribution in [-0.4, -0.2) is 33.4 Å². The second kappa shape index (κ2) is 4.04. The molecule has 1 aromatic heterocycles. The molecule has 8 nitrogen and oxygen atoms in total. The molecule has 2 N–H and O–H groups in total. The quantitative estimate of drug-likeness (QED) is 0.764. The van der Waals surface area contributed by atoms with Gasteiger partial charge < -0.3 is 5.73 Å². The fraction of sp³-hybridized carbons (Fsp3) is 0.182. The van der Waals surface area contributed by atoms with Gasteiger partial charge in [-0.15, -0.1) is 0 Å². The Balaban J connectivity index is 2.07. The second-order valence-electron chi connectivity index (χ2n) is 4.37. The number of anilines is 1. The van der Waals surface area contributed by atoms with Gasteiger partial charge in [0.05, 0.1) is 12.1 Å². The minimum atomic E-state index is -3.86. The van der Waals surface area contributed by atoms with Crippen LogP contribution in [0, 0.1) is 0 Å². The van der Waals surface area contributed by atoms with Crippen molar-refractivity contribution in [2.75, 3.05) is 5.73 Å². The van der Waals surface area contributed by atoms with Gasteiger partial charge in [0.25, 0.3) is 15.9 Å². The number of nitrogens with zero attached hydrogens (tertiary/aromatic N) is 4. The summed E-state index contributed by atoms with van der Waals surface area (Å²) < 4.78 is 26.9. The Bertz CT molecular complexity index is 811. The molecule has 104 valence electrons. The third kappa shape index (κ3) is 1.67. The highest BCUT2D eigenvalue weighted by Crippen LogP contribution is 2.32. The van der Waals surface area contributed by atoms with Crippen LogP contribution in [0.25, 0.3) is 0 Å². The zero-order valence-electron chi connectivity index (χ0n) is 10.5. The molecule has 2 aromatic rings. The topological polar surface area (TPSA) is 111 Å². The Morgan fingerprint density at radius 3 is 2.75 bits per heavy atom. The molecule has 1 amide bonds. The number of hydrogen-bond acceptors (Lipinski definition) is 6. The first kappa shape index (κ1) is 12.6. The highest BCUT2D eigenvalue weighted by molar-refractivity contribution is 7.90. The minimum absolute atomic E-state index is 0.0288. The normalized spacial score (nSPS) is 16.4. The fourth-order valence-corrected chi connectivity index (χ4v) is 3.55. The summed E-state index contributed by atoms with van der Waals surface area (Å²) >= 11 is 0. The Kier molecular flexibility index (Phi) is 2.54. The van der Waals surface area contributed by atoms with Crippen molar-refractivity contribution in [3.05, 3.63) is 35.9 Å². The van der Waals surface area contributed by atoms with Crippen LogP contribution in [-0.2, 0) is 23.6 Å². The summed E-state index contributed by atoms with van der Waals surface area (Å²) in [5.41, 5.74) is 6.03. The molecule has 0 atom stereocenters. The van der Waals surface area contributed by atoms with Gasteiger partial charge in [0.2, 0.25) is 0 Å². The Labute approximate surface area is 114 Å². The summed E-state index contributed by atoms with van der Waals surface area (Å²) in [6.07, 6.45) is 1.30. The summed E-state index contributed by atoms with van der Waals surface area (Å²) in [5, 5.41) is 3.85. The third-order valence-electron chi connectivity index (χ3n) is 3.12. The maximum Gasteiger partial charge on any atom is 0.269 e. The molecule has 2 heterocycles. The smallest absolute Gasteiger partial charge is 0.269 e. The number of amides is 1. The Hall–Kier alpha value is -2.42. The monoisotopic (exact) mass is 293 g/mol. The number of carbonyl (C=O) groups excluding carboxylic acids is 1. The lowest BCUT2D eigenvalue weighted by molar-refractivity contribution is 0.0862. The summed E-state index contributed by atoms with van der Waals surface area (Å²) in [5.74, 6) is -0.224. The molecule has 0 radical (unpaired) electrons. The van der Waals surface area contributed by atoms with Crippen molar-refractivity contribution in [1.29, 1.82) is 0 Å². The van der Waals surface area contributed by atoms with Crippen molar-refractivity contribution in [3.63, 3.8) is 0 Å². The van der Waals surface area contributed by atoms with Gasteiger partial charge in [-0.3, -0.25) is 9.48 Å². The van der Waals surface area contributed by atoms with Crippen molar-refractivity contribution < 1.29 is 13.2 Å². The lowest BCUT2D eigenvalue weighted by Gasteiger charge is -2.13. The second-order valence-corrected chi connectivity index (χ2v) is 6.20. The maximum absolute atomic E-state index is 12.4. The van der Waals surface area contributed by atoms with Crippen molar-refractivity contribution in [2.45, 2.75) is 11.4 Å². The van der Waals surface area contributed by atoms with Crippen LogP contribution >= 0.6 is 0 Å². The molecule has 0 unspecified atom stereocenters. The van der Waals surface area contributed by atoms with Crippen molar-refractivity contribution in [2.24, 2.45) is 7.05 Å². The van der Waals surface area contributed by atoms with Gasteiger partial charge in [-0.1, -0.05) is 0 Å². The molecule has 9 heteroatoms. The van der Waals surface area contributed by atoms with Gasteiger partial charge in [0.15, 0.2) is 0 Å². The molecule has 3 rings (SSSR count). The van der Waals surface area contributed by atoms with Gasteiger partial charge in [0, 0.05) is 12.7 Å². The third-order valence-corrected chi connectivity index (χ3v) is 4.91. The molecule has 20 heavy (non-hydrogen) atoms. The van der Waals surface area contributed by atoms with Crippen LogP contribution in [0.1, 0.15) is 16.2 Å². The molecular formula is C11H11N5O3S. The van der Waals surface area contributed by atoms with E-state index in [1.807, 2.05) is 0 Å². The Morgan fingerprint density at radius 1 is 1.35 bits per heavy atom. The number of fused-ring (bicyclic) bond motifs is 1. The van der Waals surface area contributed by atoms with Gasteiger partial charge >= 0.3 is 0 Å². The molecule has 0 bridgehead atoms. The first-order valence-electron chi connectivity index (χ1n) is 5.71. The van der Waals surface area contributed by atoms with Crippen LogP contribution in [0.15, 0.2) is 29.4 Å². The summed E-state index contributed by atoms with van der Waals surface area (Å²) in [6.45, 7) is -0.160. The number of hydrogen-bond donors (Lipinski definition) is 1. The zero-order valence-corrected chi connectivity index (χ0v) is 11.3. The van der Waals surface area contributed by atoms with Gasteiger partial charge in [-0.2, -0.15) is 5.10 Å². The van der Waals surface area contributed by atoms with E-state index in [9.17, 15) is 13.2 Å². The average Bonchev–Trinajstić information content (AvgIpc) is 2.86. The van der Waals surface area contributed by atoms with E-state index in [4.69, 9.17) is 5.73 Å². The van der Waals surface area contributed by atoms with E-state index >= 15 is 0 Å². The number of rotatable bonds is 2. The van der Waals surface area contributed by atoms with Crippen LogP contribution in [0.4, 0.5) is 5.69 Å². The van der Waals surface area contributed by atoms with E-state index in [1.54, 1.807) is 7.05 Å². The van der Waals surface area contributed by atoms with Crippen LogP contribution in [0.5, 0.6) is 0 Å². The number of benzene rings is 1. The summed E-state index contributed by atoms with van der Waals surface area (Å²) in [7, 11) is -2.23. The molecule has 0 fully saturated rings. The van der Waals surface area contributed by atoms with E-state index in [-0.39, 0.29) is 17.0 Å². The van der Waals surface area contributed by atoms with Crippen molar-refractivity contribution in [1.82, 2.24) is 19.1 Å². The average molecular weight is 293 g/mol. The van der Waals surface area contributed by atoms with E-state index in [2.05, 4.69) is 10.1 Å². The summed E-state index contributed by atoms with van der Waals surface area (Å²) in [4.78, 5) is 16.1. The molecular weight excluding hydrogens is 282 g/mol. The van der Waals surface area contributed by atoms with Crippen molar-refractivity contribution >= 4 is 21.6 Å².